The van der Waals surface area contributed by atoms with E-state index in [0.717, 1.165) is 17.6 Å². The molecule has 1 amide bonds. The zero-order valence-electron chi connectivity index (χ0n) is 13.6. The highest BCUT2D eigenvalue weighted by Gasteiger charge is 2.21. The minimum absolute atomic E-state index is 0.0219. The molecule has 0 aromatic carbocycles. The Bertz CT molecular complexity index is 840. The van der Waals surface area contributed by atoms with Gasteiger partial charge in [0.1, 0.15) is 0 Å². The zero-order chi connectivity index (χ0) is 16.4. The predicted octanol–water partition coefficient (Wildman–Crippen LogP) is 2.74. The van der Waals surface area contributed by atoms with Crippen LogP contribution in [0.15, 0.2) is 48.9 Å². The zero-order valence-corrected chi connectivity index (χ0v) is 13.6. The van der Waals surface area contributed by atoms with Crippen LogP contribution in [0.1, 0.15) is 28.5 Å². The lowest BCUT2D eigenvalue weighted by molar-refractivity contribution is 0.0745. The number of amides is 1. The van der Waals surface area contributed by atoms with Crippen molar-refractivity contribution in [1.29, 1.82) is 0 Å². The van der Waals surface area contributed by atoms with Crippen molar-refractivity contribution in [3.8, 4) is 0 Å². The summed E-state index contributed by atoms with van der Waals surface area (Å²) in [6.45, 7) is 4.08. The van der Waals surface area contributed by atoms with Gasteiger partial charge in [-0.2, -0.15) is 5.10 Å². The molecule has 0 unspecified atom stereocenters. The summed E-state index contributed by atoms with van der Waals surface area (Å²) >= 11 is 0. The quantitative estimate of drug-likeness (QED) is 0.744. The number of carbonyl (C=O) groups is 1. The van der Waals surface area contributed by atoms with Gasteiger partial charge >= 0.3 is 0 Å². The fourth-order valence-electron chi connectivity index (χ4n) is 2.64. The highest BCUT2D eigenvalue weighted by atomic mass is 16.2. The van der Waals surface area contributed by atoms with Gasteiger partial charge < -0.3 is 4.90 Å². The third kappa shape index (κ3) is 3.08. The summed E-state index contributed by atoms with van der Waals surface area (Å²) in [6.07, 6.45) is 6.01. The Morgan fingerprint density at radius 2 is 2.17 bits per heavy atom. The van der Waals surface area contributed by atoms with E-state index in [4.69, 9.17) is 0 Å². The Balaban J connectivity index is 1.79. The van der Waals surface area contributed by atoms with Crippen LogP contribution in [-0.4, -0.2) is 38.5 Å². The number of hydrogen-bond donors (Lipinski definition) is 0. The van der Waals surface area contributed by atoms with Crippen molar-refractivity contribution in [2.75, 3.05) is 7.05 Å². The van der Waals surface area contributed by atoms with E-state index in [9.17, 15) is 4.79 Å². The fraction of sp³-hybridized carbons (Fsp3) is 0.278. The van der Waals surface area contributed by atoms with Crippen molar-refractivity contribution >= 4 is 11.4 Å². The molecule has 3 rings (SSSR count). The first-order chi connectivity index (χ1) is 11.1. The summed E-state index contributed by atoms with van der Waals surface area (Å²) < 4.78 is 1.72. The van der Waals surface area contributed by atoms with Gasteiger partial charge in [0.25, 0.3) is 5.91 Å². The van der Waals surface area contributed by atoms with Crippen LogP contribution in [0.4, 0.5) is 0 Å². The number of aromatic nitrogens is 3. The van der Waals surface area contributed by atoms with Crippen LogP contribution >= 0.6 is 0 Å². The fourth-order valence-corrected chi connectivity index (χ4v) is 2.64. The molecule has 0 aliphatic carbocycles. The van der Waals surface area contributed by atoms with Crippen LogP contribution in [0.25, 0.3) is 5.52 Å². The molecular weight excluding hydrogens is 288 g/mol. The maximum Gasteiger partial charge on any atom is 0.257 e. The van der Waals surface area contributed by atoms with E-state index in [2.05, 4.69) is 16.1 Å². The SMILES string of the molecule is Cc1ccnc(C[C@H](C)N(C)C(=O)c2cnn3ccccc23)c1. The molecule has 0 saturated carbocycles. The van der Waals surface area contributed by atoms with Crippen LogP contribution in [0.2, 0.25) is 0 Å². The van der Waals surface area contributed by atoms with E-state index in [1.165, 1.54) is 5.56 Å². The Labute approximate surface area is 135 Å². The van der Waals surface area contributed by atoms with Crippen molar-refractivity contribution in [2.24, 2.45) is 0 Å². The van der Waals surface area contributed by atoms with Gasteiger partial charge in [0.15, 0.2) is 0 Å². The average Bonchev–Trinajstić information content (AvgIpc) is 2.97. The van der Waals surface area contributed by atoms with E-state index >= 15 is 0 Å². The third-order valence-electron chi connectivity index (χ3n) is 4.12. The molecule has 0 saturated heterocycles. The molecule has 0 N–H and O–H groups in total. The molecule has 3 aromatic heterocycles. The van der Waals surface area contributed by atoms with Crippen LogP contribution < -0.4 is 0 Å². The van der Waals surface area contributed by atoms with Crippen molar-refractivity contribution in [3.05, 3.63) is 65.7 Å². The Kier molecular flexibility index (Phi) is 4.10. The first kappa shape index (κ1) is 15.2. The smallest absolute Gasteiger partial charge is 0.257 e. The lowest BCUT2D eigenvalue weighted by Gasteiger charge is -2.24. The second-order valence-electron chi connectivity index (χ2n) is 5.88. The minimum atomic E-state index is -0.0219. The number of likely N-dealkylation sites (N-methyl/N-ethyl adjacent to an activating group) is 1. The Morgan fingerprint density at radius 1 is 1.35 bits per heavy atom. The third-order valence-corrected chi connectivity index (χ3v) is 4.12. The van der Waals surface area contributed by atoms with Crippen molar-refractivity contribution < 1.29 is 4.79 Å². The predicted molar refractivity (Wildman–Crippen MR) is 89.4 cm³/mol. The van der Waals surface area contributed by atoms with E-state index in [-0.39, 0.29) is 11.9 Å². The van der Waals surface area contributed by atoms with Crippen LogP contribution in [0.3, 0.4) is 0 Å². The molecular formula is C18H20N4O. The van der Waals surface area contributed by atoms with Gasteiger partial charge in [0.05, 0.1) is 17.3 Å². The standard InChI is InChI=1S/C18H20N4O/c1-13-7-8-19-15(10-13)11-14(2)21(3)18(23)16-12-20-22-9-5-4-6-17(16)22/h4-10,12,14H,11H2,1-3H3/t14-/m0/s1. The van der Waals surface area contributed by atoms with Crippen molar-refractivity contribution in [2.45, 2.75) is 26.3 Å². The molecule has 0 radical (unpaired) electrons. The van der Waals surface area contributed by atoms with Crippen molar-refractivity contribution in [3.63, 3.8) is 0 Å². The lowest BCUT2D eigenvalue weighted by atomic mass is 10.1. The maximum absolute atomic E-state index is 12.8. The van der Waals surface area contributed by atoms with Gasteiger partial charge in [-0.3, -0.25) is 9.78 Å². The summed E-state index contributed by atoms with van der Waals surface area (Å²) in [5.74, 6) is -0.0219. The normalized spacial score (nSPS) is 12.3. The van der Waals surface area contributed by atoms with Gasteiger partial charge in [0.2, 0.25) is 0 Å². The molecule has 0 aliphatic rings. The molecule has 23 heavy (non-hydrogen) atoms. The number of aryl methyl sites for hydroxylation is 1. The molecule has 0 fully saturated rings. The summed E-state index contributed by atoms with van der Waals surface area (Å²) in [5, 5.41) is 4.23. The number of fused-ring (bicyclic) bond motifs is 1. The summed E-state index contributed by atoms with van der Waals surface area (Å²) in [4.78, 5) is 18.9. The number of hydrogen-bond acceptors (Lipinski definition) is 3. The van der Waals surface area contributed by atoms with Gasteiger partial charge in [-0.15, -0.1) is 0 Å². The molecule has 0 aliphatic heterocycles. The molecule has 118 valence electrons. The van der Waals surface area contributed by atoms with Gasteiger partial charge in [0, 0.05) is 37.6 Å². The highest BCUT2D eigenvalue weighted by Crippen LogP contribution is 2.15. The monoisotopic (exact) mass is 308 g/mol. The molecule has 5 nitrogen and oxygen atoms in total. The Morgan fingerprint density at radius 3 is 2.96 bits per heavy atom. The molecule has 3 aromatic rings. The first-order valence-corrected chi connectivity index (χ1v) is 7.67. The van der Waals surface area contributed by atoms with Crippen molar-refractivity contribution in [1.82, 2.24) is 19.5 Å². The number of carbonyl (C=O) groups excluding carboxylic acids is 1. The number of pyridine rings is 2. The van der Waals surface area contributed by atoms with Gasteiger partial charge in [-0.25, -0.2) is 4.52 Å². The van der Waals surface area contributed by atoms with E-state index in [0.29, 0.717) is 5.56 Å². The first-order valence-electron chi connectivity index (χ1n) is 7.67. The second-order valence-corrected chi connectivity index (χ2v) is 5.88. The summed E-state index contributed by atoms with van der Waals surface area (Å²) in [7, 11) is 1.83. The Hall–Kier alpha value is -2.69. The molecule has 1 atom stereocenters. The topological polar surface area (TPSA) is 50.5 Å². The minimum Gasteiger partial charge on any atom is -0.338 e. The van der Waals surface area contributed by atoms with Crippen LogP contribution in [0, 0.1) is 6.92 Å². The average molecular weight is 308 g/mol. The van der Waals surface area contributed by atoms with E-state index in [1.54, 1.807) is 15.6 Å². The molecule has 0 spiro atoms. The second kappa shape index (κ2) is 6.20. The van der Waals surface area contributed by atoms with Gasteiger partial charge in [-0.1, -0.05) is 6.07 Å². The maximum atomic E-state index is 12.8. The molecule has 3 heterocycles. The van der Waals surface area contributed by atoms with Crippen LogP contribution in [-0.2, 0) is 6.42 Å². The summed E-state index contributed by atoms with van der Waals surface area (Å²) in [5.41, 5.74) is 3.62. The molecule has 5 heteroatoms. The number of nitrogens with zero attached hydrogens (tertiary/aromatic N) is 4. The largest absolute Gasteiger partial charge is 0.338 e. The number of rotatable bonds is 4. The van der Waals surface area contributed by atoms with E-state index in [1.807, 2.05) is 57.6 Å². The highest BCUT2D eigenvalue weighted by molar-refractivity contribution is 6.00. The van der Waals surface area contributed by atoms with Gasteiger partial charge in [-0.05, 0) is 43.7 Å². The van der Waals surface area contributed by atoms with Crippen LogP contribution in [0.5, 0.6) is 0 Å². The molecule has 0 bridgehead atoms. The lowest BCUT2D eigenvalue weighted by Crippen LogP contribution is -2.36. The van der Waals surface area contributed by atoms with E-state index < -0.39 is 0 Å². The summed E-state index contributed by atoms with van der Waals surface area (Å²) in [6, 6.07) is 9.79.